The predicted molar refractivity (Wildman–Crippen MR) is 71.4 cm³/mol. The van der Waals surface area contributed by atoms with Crippen molar-refractivity contribution in [2.24, 2.45) is 0 Å². The highest BCUT2D eigenvalue weighted by Crippen LogP contribution is 2.28. The highest BCUT2D eigenvalue weighted by Gasteiger charge is 2.22. The highest BCUT2D eigenvalue weighted by atomic mass is 32.1. The van der Waals surface area contributed by atoms with Crippen LogP contribution in [0.3, 0.4) is 0 Å². The fourth-order valence-electron chi connectivity index (χ4n) is 1.74. The van der Waals surface area contributed by atoms with Crippen LogP contribution in [-0.4, -0.2) is 27.2 Å². The Morgan fingerprint density at radius 3 is 3.00 bits per heavy atom. The van der Waals surface area contributed by atoms with E-state index in [0.29, 0.717) is 6.42 Å². The van der Waals surface area contributed by atoms with Gasteiger partial charge in [0.2, 0.25) is 0 Å². The van der Waals surface area contributed by atoms with Gasteiger partial charge in [-0.15, -0.1) is 11.3 Å². The lowest BCUT2D eigenvalue weighted by atomic mass is 9.95. The number of hydrogen-bond acceptors (Lipinski definition) is 5. The van der Waals surface area contributed by atoms with E-state index >= 15 is 0 Å². The van der Waals surface area contributed by atoms with Crippen molar-refractivity contribution in [3.05, 3.63) is 17.8 Å². The molecule has 0 amide bonds. The van der Waals surface area contributed by atoms with Gasteiger partial charge in [0.05, 0.1) is 10.2 Å². The molecule has 17 heavy (non-hydrogen) atoms. The monoisotopic (exact) mass is 251 g/mol. The molecule has 0 aliphatic carbocycles. The summed E-state index contributed by atoms with van der Waals surface area (Å²) in [5.41, 5.74) is 0.843. The molecule has 0 radical (unpaired) electrons. The number of nitrogens with zero attached hydrogens (tertiary/aromatic N) is 2. The van der Waals surface area contributed by atoms with Crippen molar-refractivity contribution in [3.8, 4) is 0 Å². The average molecular weight is 251 g/mol. The third kappa shape index (κ3) is 2.56. The minimum Gasteiger partial charge on any atom is -0.396 e. The Bertz CT molecular complexity index is 499. The van der Waals surface area contributed by atoms with Gasteiger partial charge in [0.25, 0.3) is 0 Å². The second-order valence-electron chi connectivity index (χ2n) is 4.37. The molecule has 2 aromatic rings. The number of aliphatic hydroxyl groups excluding tert-OH is 1. The molecule has 2 N–H and O–H groups in total. The summed E-state index contributed by atoms with van der Waals surface area (Å²) < 4.78 is 1.07. The summed E-state index contributed by atoms with van der Waals surface area (Å²) in [5, 5.41) is 14.6. The third-order valence-corrected chi connectivity index (χ3v) is 4.02. The zero-order valence-electron chi connectivity index (χ0n) is 10.1. The number of hydrogen-bond donors (Lipinski definition) is 2. The summed E-state index contributed by atoms with van der Waals surface area (Å²) in [4.78, 5) is 8.51. The molecule has 0 fully saturated rings. The zero-order chi connectivity index (χ0) is 12.3. The molecule has 0 bridgehead atoms. The largest absolute Gasteiger partial charge is 0.396 e. The Labute approximate surface area is 105 Å². The molecule has 0 spiro atoms. The number of anilines is 1. The van der Waals surface area contributed by atoms with Crippen molar-refractivity contribution in [3.63, 3.8) is 0 Å². The Morgan fingerprint density at radius 1 is 1.47 bits per heavy atom. The van der Waals surface area contributed by atoms with E-state index in [-0.39, 0.29) is 12.1 Å². The van der Waals surface area contributed by atoms with Gasteiger partial charge in [0.15, 0.2) is 0 Å². The van der Waals surface area contributed by atoms with Crippen LogP contribution in [0.2, 0.25) is 0 Å². The molecule has 4 nitrogen and oxygen atoms in total. The quantitative estimate of drug-likeness (QED) is 0.857. The Hall–Kier alpha value is -1.20. The lowest BCUT2D eigenvalue weighted by Crippen LogP contribution is -2.35. The molecule has 2 heterocycles. The summed E-state index contributed by atoms with van der Waals surface area (Å²) in [6.07, 6.45) is 3.22. The van der Waals surface area contributed by atoms with Crippen LogP contribution in [-0.2, 0) is 0 Å². The first-order valence-corrected chi connectivity index (χ1v) is 6.64. The van der Waals surface area contributed by atoms with E-state index in [0.717, 1.165) is 22.5 Å². The first-order chi connectivity index (χ1) is 8.18. The van der Waals surface area contributed by atoms with Crippen LogP contribution in [0, 0.1) is 0 Å². The predicted octanol–water partition coefficient (Wildman–Crippen LogP) is 2.65. The molecule has 2 rings (SSSR count). The fourth-order valence-corrected chi connectivity index (χ4v) is 2.53. The van der Waals surface area contributed by atoms with Gasteiger partial charge in [0.1, 0.15) is 12.1 Å². The van der Waals surface area contributed by atoms with E-state index in [4.69, 9.17) is 5.11 Å². The van der Waals surface area contributed by atoms with Crippen molar-refractivity contribution in [1.29, 1.82) is 0 Å². The number of aliphatic hydroxyl groups is 1. The van der Waals surface area contributed by atoms with Gasteiger partial charge in [-0.05, 0) is 31.2 Å². The van der Waals surface area contributed by atoms with Crippen molar-refractivity contribution < 1.29 is 5.11 Å². The van der Waals surface area contributed by atoms with E-state index in [1.54, 1.807) is 17.7 Å². The van der Waals surface area contributed by atoms with Crippen LogP contribution in [0.25, 0.3) is 10.2 Å². The van der Waals surface area contributed by atoms with Crippen LogP contribution in [0.15, 0.2) is 17.8 Å². The summed E-state index contributed by atoms with van der Waals surface area (Å²) in [6.45, 7) is 4.39. The molecule has 0 saturated carbocycles. The summed E-state index contributed by atoms with van der Waals surface area (Å²) in [5.74, 6) is 0.864. The van der Waals surface area contributed by atoms with E-state index in [1.807, 2.05) is 11.4 Å². The maximum absolute atomic E-state index is 9.11. The minimum absolute atomic E-state index is 0.125. The van der Waals surface area contributed by atoms with E-state index in [1.165, 1.54) is 0 Å². The molecule has 0 saturated heterocycles. The molecule has 1 atom stereocenters. The first-order valence-electron chi connectivity index (χ1n) is 5.76. The van der Waals surface area contributed by atoms with Crippen molar-refractivity contribution in [1.82, 2.24) is 9.97 Å². The van der Waals surface area contributed by atoms with Crippen LogP contribution in [0.1, 0.15) is 26.7 Å². The second kappa shape index (κ2) is 4.98. The SMILES string of the molecule is CCC(C)(CCO)Nc1ncnc2ccsc12. The van der Waals surface area contributed by atoms with Crippen molar-refractivity contribution in [2.45, 2.75) is 32.2 Å². The van der Waals surface area contributed by atoms with Crippen molar-refractivity contribution >= 4 is 27.4 Å². The lowest BCUT2D eigenvalue weighted by molar-refractivity contribution is 0.252. The van der Waals surface area contributed by atoms with Gasteiger partial charge >= 0.3 is 0 Å². The molecule has 5 heteroatoms. The first kappa shape index (κ1) is 12.3. The highest BCUT2D eigenvalue weighted by molar-refractivity contribution is 7.17. The average Bonchev–Trinajstić information content (AvgIpc) is 2.78. The van der Waals surface area contributed by atoms with Crippen LogP contribution in [0.5, 0.6) is 0 Å². The second-order valence-corrected chi connectivity index (χ2v) is 5.29. The Kier molecular flexibility index (Phi) is 3.59. The lowest BCUT2D eigenvalue weighted by Gasteiger charge is -2.29. The van der Waals surface area contributed by atoms with Crippen LogP contribution < -0.4 is 5.32 Å². The van der Waals surface area contributed by atoms with E-state index in [2.05, 4.69) is 29.1 Å². The van der Waals surface area contributed by atoms with Crippen LogP contribution in [0.4, 0.5) is 5.82 Å². The molecule has 2 aromatic heterocycles. The van der Waals surface area contributed by atoms with Gasteiger partial charge in [0, 0.05) is 12.1 Å². The maximum Gasteiger partial charge on any atom is 0.147 e. The molecule has 0 aliphatic rings. The minimum atomic E-state index is -0.125. The number of nitrogens with one attached hydrogen (secondary N) is 1. The normalized spacial score (nSPS) is 14.8. The van der Waals surface area contributed by atoms with Gasteiger partial charge in [-0.3, -0.25) is 0 Å². The number of rotatable bonds is 5. The number of aromatic nitrogens is 2. The van der Waals surface area contributed by atoms with Gasteiger partial charge < -0.3 is 10.4 Å². The summed E-state index contributed by atoms with van der Waals surface area (Å²) in [7, 11) is 0. The molecular formula is C12H17N3OS. The fraction of sp³-hybridized carbons (Fsp3) is 0.500. The number of thiophene rings is 1. The number of fused-ring (bicyclic) bond motifs is 1. The van der Waals surface area contributed by atoms with Gasteiger partial charge in [-0.1, -0.05) is 6.92 Å². The van der Waals surface area contributed by atoms with Gasteiger partial charge in [-0.2, -0.15) is 0 Å². The summed E-state index contributed by atoms with van der Waals surface area (Å²) in [6, 6.07) is 1.99. The maximum atomic E-state index is 9.11. The molecule has 1 unspecified atom stereocenters. The zero-order valence-corrected chi connectivity index (χ0v) is 10.9. The van der Waals surface area contributed by atoms with Gasteiger partial charge in [-0.25, -0.2) is 9.97 Å². The van der Waals surface area contributed by atoms with E-state index < -0.39 is 0 Å². The smallest absolute Gasteiger partial charge is 0.147 e. The standard InChI is InChI=1S/C12H17N3OS/c1-3-12(2,5-6-16)15-11-10-9(4-7-17-10)13-8-14-11/h4,7-8,16H,3,5-6H2,1-2H3,(H,13,14,15). The molecular weight excluding hydrogens is 234 g/mol. The van der Waals surface area contributed by atoms with E-state index in [9.17, 15) is 0 Å². The Balaban J connectivity index is 2.31. The van der Waals surface area contributed by atoms with Crippen LogP contribution >= 0.6 is 11.3 Å². The Morgan fingerprint density at radius 2 is 2.29 bits per heavy atom. The molecule has 92 valence electrons. The third-order valence-electron chi connectivity index (χ3n) is 3.11. The van der Waals surface area contributed by atoms with Crippen molar-refractivity contribution in [2.75, 3.05) is 11.9 Å². The molecule has 0 aliphatic heterocycles. The molecule has 0 aromatic carbocycles. The summed E-state index contributed by atoms with van der Waals surface area (Å²) >= 11 is 1.63. The topological polar surface area (TPSA) is 58.0 Å².